The number of hydrogen-bond acceptors (Lipinski definition) is 3. The Hall–Kier alpha value is 0.270. The predicted molar refractivity (Wildman–Crippen MR) is 64.3 cm³/mol. The van der Waals surface area contributed by atoms with Crippen LogP contribution in [0, 0.1) is 0 Å². The number of hydrogen-bond donors (Lipinski definition) is 0. The molecule has 0 aromatic carbocycles. The van der Waals surface area contributed by atoms with E-state index in [1.54, 1.807) is 10.8 Å². The molecule has 0 fully saturated rings. The van der Waals surface area contributed by atoms with Crippen molar-refractivity contribution in [2.75, 3.05) is 5.75 Å². The van der Waals surface area contributed by atoms with Gasteiger partial charge in [0, 0.05) is 5.75 Å². The molecule has 0 saturated heterocycles. The van der Waals surface area contributed by atoms with Crippen molar-refractivity contribution in [2.24, 2.45) is 0 Å². The van der Waals surface area contributed by atoms with Crippen LogP contribution in [0.4, 0.5) is 0 Å². The molecular weight excluding hydrogens is 204 g/mol. The second-order valence-corrected chi connectivity index (χ2v) is 6.43. The third-order valence-electron chi connectivity index (χ3n) is 1.29. The van der Waals surface area contributed by atoms with Gasteiger partial charge in [-0.25, -0.2) is 0 Å². The van der Waals surface area contributed by atoms with Crippen LogP contribution in [0.1, 0.15) is 12.8 Å². The number of allylic oxidation sites excluding steroid dienone is 5. The monoisotopic (exact) mass is 216 g/mol. The van der Waals surface area contributed by atoms with Crippen LogP contribution >= 0.6 is 31.4 Å². The summed E-state index contributed by atoms with van der Waals surface area (Å²) in [6.07, 6.45) is 13.0. The average Bonchev–Trinajstić information content (AvgIpc) is 2.05. The fraction of sp³-hybridized carbons (Fsp3) is 0.333. The Labute approximate surface area is 85.8 Å². The second-order valence-electron chi connectivity index (χ2n) is 2.27. The molecule has 0 N–H and O–H groups in total. The van der Waals surface area contributed by atoms with E-state index >= 15 is 0 Å². The zero-order valence-electron chi connectivity index (χ0n) is 6.81. The molecule has 0 unspecified atom stereocenters. The molecule has 0 bridgehead atoms. The largest absolute Gasteiger partial charge is 0.0845 e. The molecule has 1 heterocycles. The van der Waals surface area contributed by atoms with Gasteiger partial charge in [-0.3, -0.25) is 0 Å². The van der Waals surface area contributed by atoms with E-state index in [4.69, 9.17) is 0 Å². The molecule has 0 aromatic heterocycles. The van der Waals surface area contributed by atoms with Crippen LogP contribution in [0.15, 0.2) is 35.8 Å². The summed E-state index contributed by atoms with van der Waals surface area (Å²) in [5, 5.41) is 2.11. The van der Waals surface area contributed by atoms with Crippen molar-refractivity contribution in [1.29, 1.82) is 0 Å². The highest BCUT2D eigenvalue weighted by Crippen LogP contribution is 2.35. The van der Waals surface area contributed by atoms with Gasteiger partial charge < -0.3 is 0 Å². The summed E-state index contributed by atoms with van der Waals surface area (Å²) >= 11 is 0. The molecule has 0 aliphatic carbocycles. The maximum atomic E-state index is 2.23. The van der Waals surface area contributed by atoms with Gasteiger partial charge in [0.1, 0.15) is 0 Å². The molecule has 66 valence electrons. The summed E-state index contributed by atoms with van der Waals surface area (Å²) in [6, 6.07) is 0. The molecule has 1 aliphatic heterocycles. The summed E-state index contributed by atoms with van der Waals surface area (Å²) in [6.45, 7) is 0. The van der Waals surface area contributed by atoms with E-state index in [1.807, 2.05) is 20.6 Å². The summed E-state index contributed by atoms with van der Waals surface area (Å²) < 4.78 is 0. The summed E-state index contributed by atoms with van der Waals surface area (Å²) in [7, 11) is 5.59. The molecule has 0 aromatic rings. The van der Waals surface area contributed by atoms with Crippen molar-refractivity contribution in [2.45, 2.75) is 12.8 Å². The lowest BCUT2D eigenvalue weighted by molar-refractivity contribution is 0.975. The van der Waals surface area contributed by atoms with Gasteiger partial charge in [0.05, 0.1) is 0 Å². The average molecular weight is 216 g/mol. The lowest BCUT2D eigenvalue weighted by Gasteiger charge is -1.95. The van der Waals surface area contributed by atoms with Crippen LogP contribution in [-0.4, -0.2) is 5.75 Å². The molecule has 0 nitrogen and oxygen atoms in total. The van der Waals surface area contributed by atoms with Crippen molar-refractivity contribution in [3.63, 3.8) is 0 Å². The van der Waals surface area contributed by atoms with Gasteiger partial charge in [0.25, 0.3) is 0 Å². The fourth-order valence-corrected chi connectivity index (χ4v) is 3.91. The third-order valence-corrected chi connectivity index (χ3v) is 5.12. The molecule has 0 radical (unpaired) electrons. The smallest absolute Gasteiger partial charge is 0.00482 e. The van der Waals surface area contributed by atoms with Gasteiger partial charge in [0.15, 0.2) is 0 Å². The molecule has 0 saturated carbocycles. The van der Waals surface area contributed by atoms with Crippen molar-refractivity contribution >= 4 is 31.4 Å². The van der Waals surface area contributed by atoms with Gasteiger partial charge in [-0.1, -0.05) is 52.0 Å². The first-order valence-corrected chi connectivity index (χ1v) is 7.65. The highest BCUT2D eigenvalue weighted by Gasteiger charge is 1.88. The van der Waals surface area contributed by atoms with E-state index in [2.05, 4.69) is 35.8 Å². The minimum atomic E-state index is 1.20. The summed E-state index contributed by atoms with van der Waals surface area (Å²) in [4.78, 5) is 0. The van der Waals surface area contributed by atoms with Crippen LogP contribution in [0.2, 0.25) is 0 Å². The SMILES string of the molecule is C1=CC=CSSSCCCC=C1. The molecular formula is C9H12S3. The summed E-state index contributed by atoms with van der Waals surface area (Å²) in [5.74, 6) is 1.25. The Morgan fingerprint density at radius 1 is 1.00 bits per heavy atom. The van der Waals surface area contributed by atoms with Crippen molar-refractivity contribution in [3.05, 3.63) is 35.8 Å². The normalized spacial score (nSPS) is 20.0. The molecule has 3 heteroatoms. The maximum absolute atomic E-state index is 2.23. The van der Waals surface area contributed by atoms with E-state index in [1.165, 1.54) is 18.6 Å². The van der Waals surface area contributed by atoms with Gasteiger partial charge >= 0.3 is 0 Å². The van der Waals surface area contributed by atoms with Gasteiger partial charge in [-0.2, -0.15) is 0 Å². The van der Waals surface area contributed by atoms with Gasteiger partial charge in [-0.15, -0.1) is 0 Å². The van der Waals surface area contributed by atoms with Crippen LogP contribution < -0.4 is 0 Å². The number of rotatable bonds is 0. The quantitative estimate of drug-likeness (QED) is 0.550. The molecule has 1 rings (SSSR count). The first-order chi connectivity index (χ1) is 6.00. The van der Waals surface area contributed by atoms with Gasteiger partial charge in [-0.05, 0) is 28.1 Å². The zero-order valence-corrected chi connectivity index (χ0v) is 9.26. The van der Waals surface area contributed by atoms with Crippen LogP contribution in [-0.2, 0) is 0 Å². The van der Waals surface area contributed by atoms with Crippen LogP contribution in [0.25, 0.3) is 0 Å². The zero-order chi connectivity index (χ0) is 8.49. The molecule has 0 amide bonds. The molecule has 0 spiro atoms. The van der Waals surface area contributed by atoms with E-state index < -0.39 is 0 Å². The van der Waals surface area contributed by atoms with Crippen LogP contribution in [0.5, 0.6) is 0 Å². The van der Waals surface area contributed by atoms with Crippen molar-refractivity contribution in [1.82, 2.24) is 0 Å². The first-order valence-electron chi connectivity index (χ1n) is 3.93. The van der Waals surface area contributed by atoms with Crippen LogP contribution in [0.3, 0.4) is 0 Å². The Morgan fingerprint density at radius 2 is 1.92 bits per heavy atom. The topological polar surface area (TPSA) is 0 Å². The Bertz CT molecular complexity index is 162. The predicted octanol–water partition coefficient (Wildman–Crippen LogP) is 4.44. The van der Waals surface area contributed by atoms with E-state index in [9.17, 15) is 0 Å². The lowest BCUT2D eigenvalue weighted by atomic mass is 10.3. The highest BCUT2D eigenvalue weighted by molar-refractivity contribution is 9.09. The fourth-order valence-electron chi connectivity index (χ4n) is 0.725. The summed E-state index contributed by atoms with van der Waals surface area (Å²) in [5.41, 5.74) is 0. The Balaban J connectivity index is 2.32. The Morgan fingerprint density at radius 3 is 2.92 bits per heavy atom. The van der Waals surface area contributed by atoms with Crippen molar-refractivity contribution < 1.29 is 0 Å². The van der Waals surface area contributed by atoms with E-state index in [-0.39, 0.29) is 0 Å². The molecule has 0 atom stereocenters. The Kier molecular flexibility index (Phi) is 6.81. The standard InChI is InChI=1S/C9H12S3/c1-2-4-6-8-10-12-11-9-7-5-3-1/h1-4,6,8H,5,7,9H2. The van der Waals surface area contributed by atoms with E-state index in [0.717, 1.165) is 0 Å². The molecule has 12 heavy (non-hydrogen) atoms. The second kappa shape index (κ2) is 7.90. The van der Waals surface area contributed by atoms with Crippen molar-refractivity contribution in [3.8, 4) is 0 Å². The molecule has 1 aliphatic rings. The minimum Gasteiger partial charge on any atom is -0.0845 e. The minimum absolute atomic E-state index is 1.20. The first kappa shape index (κ1) is 10.4. The highest BCUT2D eigenvalue weighted by atomic mass is 33.5. The third kappa shape index (κ3) is 5.86. The van der Waals surface area contributed by atoms with Gasteiger partial charge in [0.2, 0.25) is 0 Å². The maximum Gasteiger partial charge on any atom is 0.00482 e. The van der Waals surface area contributed by atoms with E-state index in [0.29, 0.717) is 0 Å². The lowest BCUT2D eigenvalue weighted by Crippen LogP contribution is -1.73.